The Morgan fingerprint density at radius 1 is 1.24 bits per heavy atom. The number of hydrogen-bond acceptors (Lipinski definition) is 4. The zero-order valence-corrected chi connectivity index (χ0v) is 13.1. The predicted molar refractivity (Wildman–Crippen MR) is 82.1 cm³/mol. The van der Waals surface area contributed by atoms with Crippen molar-refractivity contribution in [3.05, 3.63) is 22.4 Å². The SMILES string of the molecule is CC(N)(C(=O)N1CCN(C(=O)c2cccs2)CC1)C1CC1. The Morgan fingerprint density at radius 3 is 2.38 bits per heavy atom. The van der Waals surface area contributed by atoms with E-state index >= 15 is 0 Å². The van der Waals surface area contributed by atoms with E-state index in [1.54, 1.807) is 0 Å². The van der Waals surface area contributed by atoms with Crippen LogP contribution in [0.1, 0.15) is 29.4 Å². The molecule has 1 unspecified atom stereocenters. The van der Waals surface area contributed by atoms with Crippen LogP contribution in [0.5, 0.6) is 0 Å². The Balaban J connectivity index is 1.58. The van der Waals surface area contributed by atoms with Crippen LogP contribution in [0.3, 0.4) is 0 Å². The number of hydrogen-bond donors (Lipinski definition) is 1. The number of nitrogens with two attached hydrogens (primary N) is 1. The molecule has 1 atom stereocenters. The monoisotopic (exact) mass is 307 g/mol. The topological polar surface area (TPSA) is 66.6 Å². The lowest BCUT2D eigenvalue weighted by Crippen LogP contribution is -2.59. The normalized spacial score (nSPS) is 22.0. The van der Waals surface area contributed by atoms with Crippen molar-refractivity contribution < 1.29 is 9.59 Å². The Morgan fingerprint density at radius 2 is 1.86 bits per heavy atom. The van der Waals surface area contributed by atoms with Crippen molar-refractivity contribution in [3.63, 3.8) is 0 Å². The summed E-state index contributed by atoms with van der Waals surface area (Å²) in [6.07, 6.45) is 2.10. The van der Waals surface area contributed by atoms with Crippen molar-refractivity contribution in [2.75, 3.05) is 26.2 Å². The minimum absolute atomic E-state index is 0.0354. The van der Waals surface area contributed by atoms with Gasteiger partial charge in [-0.2, -0.15) is 0 Å². The molecule has 0 radical (unpaired) electrons. The first-order valence-corrected chi connectivity index (χ1v) is 8.29. The molecule has 21 heavy (non-hydrogen) atoms. The van der Waals surface area contributed by atoms with Gasteiger partial charge in [0.05, 0.1) is 10.4 Å². The van der Waals surface area contributed by atoms with E-state index in [1.165, 1.54) is 11.3 Å². The first-order chi connectivity index (χ1) is 10.00. The average molecular weight is 307 g/mol. The second kappa shape index (κ2) is 5.42. The lowest BCUT2D eigenvalue weighted by Gasteiger charge is -2.38. The summed E-state index contributed by atoms with van der Waals surface area (Å²) in [6, 6.07) is 3.72. The zero-order valence-electron chi connectivity index (χ0n) is 12.2. The molecule has 2 fully saturated rings. The Labute approximate surface area is 128 Å². The summed E-state index contributed by atoms with van der Waals surface area (Å²) < 4.78 is 0. The van der Waals surface area contributed by atoms with Gasteiger partial charge >= 0.3 is 0 Å². The zero-order chi connectivity index (χ0) is 15.0. The molecule has 1 saturated heterocycles. The van der Waals surface area contributed by atoms with Crippen LogP contribution < -0.4 is 5.73 Å². The van der Waals surface area contributed by atoms with E-state index in [9.17, 15) is 9.59 Å². The third-order valence-corrected chi connectivity index (χ3v) is 5.33. The predicted octanol–water partition coefficient (Wildman–Crippen LogP) is 1.16. The molecule has 5 nitrogen and oxygen atoms in total. The number of nitrogens with zero attached hydrogens (tertiary/aromatic N) is 2. The molecule has 6 heteroatoms. The van der Waals surface area contributed by atoms with Crippen LogP contribution in [0.4, 0.5) is 0 Å². The number of rotatable bonds is 3. The molecule has 1 aliphatic heterocycles. The lowest BCUT2D eigenvalue weighted by molar-refractivity contribution is -0.138. The summed E-state index contributed by atoms with van der Waals surface area (Å²) in [5, 5.41) is 1.91. The van der Waals surface area contributed by atoms with Gasteiger partial charge in [0.15, 0.2) is 0 Å². The molecule has 2 heterocycles. The molecule has 3 rings (SSSR count). The number of amides is 2. The number of carbonyl (C=O) groups excluding carboxylic acids is 2. The van der Waals surface area contributed by atoms with Gasteiger partial charge < -0.3 is 15.5 Å². The summed E-state index contributed by atoms with van der Waals surface area (Å²) in [6.45, 7) is 4.17. The Bertz CT molecular complexity index is 529. The van der Waals surface area contributed by atoms with E-state index in [0.29, 0.717) is 32.1 Å². The van der Waals surface area contributed by atoms with E-state index in [4.69, 9.17) is 5.73 Å². The van der Waals surface area contributed by atoms with Gasteiger partial charge in [0, 0.05) is 26.2 Å². The molecule has 0 aromatic carbocycles. The van der Waals surface area contributed by atoms with Crippen LogP contribution in [0.25, 0.3) is 0 Å². The molecule has 1 aromatic rings. The molecule has 1 saturated carbocycles. The smallest absolute Gasteiger partial charge is 0.264 e. The van der Waals surface area contributed by atoms with Crippen LogP contribution in [-0.4, -0.2) is 53.3 Å². The van der Waals surface area contributed by atoms with E-state index in [2.05, 4.69) is 0 Å². The first kappa shape index (κ1) is 14.5. The molecule has 1 aliphatic carbocycles. The molecule has 0 spiro atoms. The third-order valence-electron chi connectivity index (χ3n) is 4.47. The summed E-state index contributed by atoms with van der Waals surface area (Å²) >= 11 is 1.46. The van der Waals surface area contributed by atoms with Gasteiger partial charge in [0.25, 0.3) is 5.91 Å². The fourth-order valence-corrected chi connectivity index (χ4v) is 3.56. The van der Waals surface area contributed by atoms with Crippen LogP contribution in [-0.2, 0) is 4.79 Å². The molecule has 0 bridgehead atoms. The van der Waals surface area contributed by atoms with Crippen molar-refractivity contribution in [2.24, 2.45) is 11.7 Å². The molecular formula is C15H21N3O2S. The largest absolute Gasteiger partial charge is 0.338 e. The number of thiophene rings is 1. The van der Waals surface area contributed by atoms with Crippen LogP contribution in [0.2, 0.25) is 0 Å². The third kappa shape index (κ3) is 2.82. The highest BCUT2D eigenvalue weighted by Gasteiger charge is 2.46. The van der Waals surface area contributed by atoms with Gasteiger partial charge in [-0.05, 0) is 37.1 Å². The fraction of sp³-hybridized carbons (Fsp3) is 0.600. The fourth-order valence-electron chi connectivity index (χ4n) is 2.87. The van der Waals surface area contributed by atoms with Crippen molar-refractivity contribution in [3.8, 4) is 0 Å². The maximum Gasteiger partial charge on any atom is 0.264 e. The van der Waals surface area contributed by atoms with Crippen LogP contribution >= 0.6 is 11.3 Å². The maximum atomic E-state index is 12.5. The summed E-state index contributed by atoms with van der Waals surface area (Å²) in [5.74, 6) is 0.429. The van der Waals surface area contributed by atoms with E-state index in [0.717, 1.165) is 17.7 Å². The van der Waals surface area contributed by atoms with Crippen LogP contribution in [0.15, 0.2) is 17.5 Å². The standard InChI is InChI=1S/C15H21N3O2S/c1-15(16,11-4-5-11)14(20)18-8-6-17(7-9-18)13(19)12-3-2-10-21-12/h2-3,10-11H,4-9,16H2,1H3. The van der Waals surface area contributed by atoms with E-state index in [1.807, 2.05) is 34.2 Å². The lowest BCUT2D eigenvalue weighted by atomic mass is 9.95. The quantitative estimate of drug-likeness (QED) is 0.911. The van der Waals surface area contributed by atoms with E-state index in [-0.39, 0.29) is 11.8 Å². The molecule has 114 valence electrons. The molecule has 2 aliphatic rings. The minimum Gasteiger partial charge on any atom is -0.338 e. The van der Waals surface area contributed by atoms with Crippen molar-refractivity contribution in [2.45, 2.75) is 25.3 Å². The number of carbonyl (C=O) groups is 2. The van der Waals surface area contributed by atoms with Crippen molar-refractivity contribution >= 4 is 23.2 Å². The average Bonchev–Trinajstić information content (AvgIpc) is 3.22. The molecular weight excluding hydrogens is 286 g/mol. The van der Waals surface area contributed by atoms with Crippen molar-refractivity contribution in [1.29, 1.82) is 0 Å². The molecule has 2 N–H and O–H groups in total. The van der Waals surface area contributed by atoms with Crippen molar-refractivity contribution in [1.82, 2.24) is 9.80 Å². The van der Waals surface area contributed by atoms with Gasteiger partial charge in [-0.15, -0.1) is 11.3 Å². The van der Waals surface area contributed by atoms with Crippen LogP contribution in [0, 0.1) is 5.92 Å². The van der Waals surface area contributed by atoms with Gasteiger partial charge in [0.2, 0.25) is 5.91 Å². The Hall–Kier alpha value is -1.40. The highest BCUT2D eigenvalue weighted by Crippen LogP contribution is 2.39. The summed E-state index contributed by atoms with van der Waals surface area (Å²) in [5.41, 5.74) is 5.46. The first-order valence-electron chi connectivity index (χ1n) is 7.41. The highest BCUT2D eigenvalue weighted by molar-refractivity contribution is 7.12. The number of piperazine rings is 1. The Kier molecular flexibility index (Phi) is 3.75. The van der Waals surface area contributed by atoms with Gasteiger partial charge in [-0.3, -0.25) is 9.59 Å². The molecule has 1 aromatic heterocycles. The summed E-state index contributed by atoms with van der Waals surface area (Å²) in [4.78, 5) is 29.2. The summed E-state index contributed by atoms with van der Waals surface area (Å²) in [7, 11) is 0. The second-order valence-electron chi connectivity index (χ2n) is 6.12. The highest BCUT2D eigenvalue weighted by atomic mass is 32.1. The second-order valence-corrected chi connectivity index (χ2v) is 7.07. The van der Waals surface area contributed by atoms with E-state index < -0.39 is 5.54 Å². The van der Waals surface area contributed by atoms with Gasteiger partial charge in [-0.25, -0.2) is 0 Å². The maximum absolute atomic E-state index is 12.5. The molecule has 2 amide bonds. The minimum atomic E-state index is -0.736. The van der Waals surface area contributed by atoms with Gasteiger partial charge in [0.1, 0.15) is 0 Å². The van der Waals surface area contributed by atoms with Gasteiger partial charge in [-0.1, -0.05) is 6.07 Å².